The number of carbonyl (C=O) groups is 10. The predicted octanol–water partition coefficient (Wildman–Crippen LogP) is 11.4. The summed E-state index contributed by atoms with van der Waals surface area (Å²) in [7, 11) is 3.14. The molecule has 5 N–H and O–H groups in total. The number of amides is 2. The number of ether oxygens (including phenoxy) is 3. The van der Waals surface area contributed by atoms with Crippen molar-refractivity contribution >= 4 is 124 Å². The van der Waals surface area contributed by atoms with Crippen molar-refractivity contribution in [1.82, 2.24) is 39.4 Å². The highest BCUT2D eigenvalue weighted by Gasteiger charge is 2.35. The van der Waals surface area contributed by atoms with Gasteiger partial charge in [-0.3, -0.25) is 47.2 Å². The molecule has 0 bridgehead atoms. The fraction of sp³-hybridized carbons (Fsp3) is 0.463. The quantitative estimate of drug-likeness (QED) is 0.0181. The molecule has 2 aliphatic rings. The number of hydrogen-bond donors (Lipinski definition) is 5. The smallest absolute Gasteiger partial charge is 0.357 e. The lowest BCUT2D eigenvalue weighted by Gasteiger charge is -2.27. The van der Waals surface area contributed by atoms with Crippen molar-refractivity contribution in [2.24, 2.45) is 35.5 Å². The van der Waals surface area contributed by atoms with Crippen molar-refractivity contribution in [3.63, 3.8) is 0 Å². The van der Waals surface area contributed by atoms with Crippen LogP contribution in [0, 0.1) is 42.4 Å². The molecular formula is C67H79ClN8O14S2. The van der Waals surface area contributed by atoms with Gasteiger partial charge in [-0.15, -0.1) is 34.3 Å². The number of fused-ring (bicyclic) bond motifs is 4. The zero-order valence-electron chi connectivity index (χ0n) is 52.7. The number of Topliss-reactive ketones (excluding diaryl/α,β-unsaturated/α-hetero) is 6. The lowest BCUT2D eigenvalue weighted by molar-refractivity contribution is -0.133. The van der Waals surface area contributed by atoms with E-state index < -0.39 is 54.2 Å². The highest BCUT2D eigenvalue weighted by molar-refractivity contribution is 7.15. The zero-order valence-corrected chi connectivity index (χ0v) is 55.1. The molecule has 2 amide bonds. The van der Waals surface area contributed by atoms with E-state index in [9.17, 15) is 47.9 Å². The van der Waals surface area contributed by atoms with Crippen LogP contribution in [0.2, 0.25) is 0 Å². The molecule has 6 aromatic heterocycles. The number of halogens is 1. The van der Waals surface area contributed by atoms with Gasteiger partial charge in [-0.25, -0.2) is 19.6 Å². The summed E-state index contributed by atoms with van der Waals surface area (Å²) >= 11 is 8.61. The number of esters is 1. The number of aromatic carboxylic acids is 1. The van der Waals surface area contributed by atoms with Crippen LogP contribution < -0.4 is 20.1 Å². The maximum atomic E-state index is 13.7. The van der Waals surface area contributed by atoms with Gasteiger partial charge in [-0.2, -0.15) is 0 Å². The Balaban J connectivity index is 0.000000204. The number of benzene rings is 2. The van der Waals surface area contributed by atoms with E-state index >= 15 is 0 Å². The Hall–Kier alpha value is -8.35. The number of nitrogens with zero attached hydrogens (tertiary/aromatic N) is 4. The number of carboxylic acid groups (broad SMARTS) is 1. The first kappa shape index (κ1) is 69.5. The number of carbonyl (C=O) groups excluding carboxylic acids is 9. The van der Waals surface area contributed by atoms with Crippen molar-refractivity contribution in [3.8, 4) is 11.5 Å². The van der Waals surface area contributed by atoms with Gasteiger partial charge in [-0.1, -0.05) is 52.7 Å². The molecule has 0 radical (unpaired) electrons. The second-order valence-corrected chi connectivity index (χ2v) is 26.3. The summed E-state index contributed by atoms with van der Waals surface area (Å²) in [6.07, 6.45) is 11.8. The molecule has 2 aliphatic carbocycles. The molecule has 6 heterocycles. The van der Waals surface area contributed by atoms with Gasteiger partial charge < -0.3 is 39.9 Å². The average Bonchev–Trinajstić information content (AvgIpc) is 1.68. The van der Waals surface area contributed by atoms with Gasteiger partial charge in [0.25, 0.3) is 0 Å². The molecule has 490 valence electrons. The molecular weight excluding hydrogens is 1240 g/mol. The summed E-state index contributed by atoms with van der Waals surface area (Å²) in [5, 5.41) is 19.7. The van der Waals surface area contributed by atoms with Crippen molar-refractivity contribution in [1.29, 1.82) is 0 Å². The van der Waals surface area contributed by atoms with Crippen LogP contribution in [-0.2, 0) is 33.5 Å². The summed E-state index contributed by atoms with van der Waals surface area (Å²) in [6.45, 7) is 9.02. The first-order valence-electron chi connectivity index (χ1n) is 31.0. The molecule has 92 heavy (non-hydrogen) atoms. The van der Waals surface area contributed by atoms with Crippen molar-refractivity contribution in [2.75, 3.05) is 26.7 Å². The monoisotopic (exact) mass is 1320 g/mol. The van der Waals surface area contributed by atoms with Crippen LogP contribution in [0.25, 0.3) is 31.7 Å². The molecule has 22 nitrogen and oxygen atoms in total. The van der Waals surface area contributed by atoms with Gasteiger partial charge >= 0.3 is 11.9 Å². The minimum absolute atomic E-state index is 0.00327. The third-order valence-electron chi connectivity index (χ3n) is 16.7. The first-order valence-corrected chi connectivity index (χ1v) is 33.3. The topological polar surface area (TPSA) is 309 Å². The van der Waals surface area contributed by atoms with Gasteiger partial charge in [-0.05, 0) is 107 Å². The number of aryl methyl sites for hydroxylation is 1. The standard InChI is InChI=1S/C33H38N4O7S.C27H35ClN2O5.C7H6N2O2S/c1-19(2)13-21(15-28(39)25-16-22-23(35-25)8-6-10-30(22)43-3)31(41)36-24(14-20-7-4-5-9-27(20)38)29(40)18-44-32(42)26-17-34-33-37(26)11-12-45-33;1-16(2)11-18(13-24(32)22-14-19-20(29-22)8-6-10-26(19)35-3)27(34)30-21(25(33)15-28)12-17-7-4-5-9-23(17)31;1-4-5(6(10)11)9-2-3-12-7(9)8-4/h6,8,10-12,16-17,19-21,24,35H,4-5,7,9,13-15,18H2,1-3H3,(H,36,41);6,8,10,14,16-18,21,29H,4-5,7,9,11-13,15H2,1-3H3,(H,30,34);2-3H,1H3,(H,10,11)/t20-,21+,24-;17-,18+,21-;/m00./s1. The molecule has 0 aliphatic heterocycles. The fourth-order valence-electron chi connectivity index (χ4n) is 12.0. The highest BCUT2D eigenvalue weighted by atomic mass is 35.5. The van der Waals surface area contributed by atoms with E-state index in [2.05, 4.69) is 30.6 Å². The Morgan fingerprint density at radius 1 is 0.696 bits per heavy atom. The molecule has 0 saturated heterocycles. The van der Waals surface area contributed by atoms with E-state index in [0.29, 0.717) is 65.6 Å². The largest absolute Gasteiger partial charge is 0.496 e. The fourth-order valence-corrected chi connectivity index (χ4v) is 13.7. The van der Waals surface area contributed by atoms with E-state index in [4.69, 9.17) is 30.9 Å². The zero-order chi connectivity index (χ0) is 66.3. The van der Waals surface area contributed by atoms with Gasteiger partial charge in [0.05, 0.1) is 55.5 Å². The first-order chi connectivity index (χ1) is 44.1. The molecule has 10 rings (SSSR count). The third kappa shape index (κ3) is 17.6. The molecule has 2 fully saturated rings. The molecule has 6 atom stereocenters. The Morgan fingerprint density at radius 3 is 1.65 bits per heavy atom. The lowest BCUT2D eigenvalue weighted by Crippen LogP contribution is -2.47. The van der Waals surface area contributed by atoms with Gasteiger partial charge in [0.1, 0.15) is 23.1 Å². The number of H-pyrrole nitrogens is 2. The minimum atomic E-state index is -1.05. The van der Waals surface area contributed by atoms with Crippen LogP contribution >= 0.6 is 34.3 Å². The molecule has 0 unspecified atom stereocenters. The Kier molecular flexibility index (Phi) is 24.4. The normalized spacial score (nSPS) is 16.3. The summed E-state index contributed by atoms with van der Waals surface area (Å²) < 4.78 is 19.3. The van der Waals surface area contributed by atoms with Crippen LogP contribution in [0.1, 0.15) is 165 Å². The third-order valence-corrected chi connectivity index (χ3v) is 18.5. The van der Waals surface area contributed by atoms with Gasteiger partial charge in [0.2, 0.25) is 11.8 Å². The second kappa shape index (κ2) is 32.3. The van der Waals surface area contributed by atoms with Gasteiger partial charge in [0, 0.05) is 94.3 Å². The minimum Gasteiger partial charge on any atom is -0.496 e. The lowest BCUT2D eigenvalue weighted by atomic mass is 9.82. The van der Waals surface area contributed by atoms with Crippen molar-refractivity contribution < 1.29 is 67.3 Å². The number of rotatable bonds is 27. The van der Waals surface area contributed by atoms with Crippen LogP contribution in [0.4, 0.5) is 0 Å². The van der Waals surface area contributed by atoms with Crippen LogP contribution in [0.3, 0.4) is 0 Å². The highest BCUT2D eigenvalue weighted by Crippen LogP contribution is 2.32. The summed E-state index contributed by atoms with van der Waals surface area (Å²) in [4.78, 5) is 144. The number of alkyl halides is 1. The number of carboxylic acids is 1. The molecule has 25 heteroatoms. The number of aromatic nitrogens is 6. The SMILES string of the molecule is COc1cccc2[nH]c(C(=O)C[C@@H](CC(C)C)C(=O)N[C@@H](C[C@@H]3CCCCC3=O)C(=O)CCl)cc12.COc1cccc2[nH]c(C(=O)C[C@@H](CC(C)C)C(=O)N[C@@H](C[C@@H]3CCCCC3=O)C(=O)COC(=O)c3cnc4sccn34)cc12.Cc1nc2sccn2c1C(=O)O. The average molecular weight is 1320 g/mol. The number of aromatic amines is 2. The van der Waals surface area contributed by atoms with Crippen LogP contribution in [0.15, 0.2) is 77.9 Å². The van der Waals surface area contributed by atoms with E-state index in [1.807, 2.05) is 69.5 Å². The molecule has 8 aromatic rings. The molecule has 2 aromatic carbocycles. The number of thiazole rings is 2. The number of imidazole rings is 2. The molecule has 2 saturated carbocycles. The number of methoxy groups -OCH3 is 2. The maximum absolute atomic E-state index is 13.7. The summed E-state index contributed by atoms with van der Waals surface area (Å²) in [5.74, 6) is -4.14. The van der Waals surface area contributed by atoms with E-state index in [0.717, 1.165) is 58.9 Å². The van der Waals surface area contributed by atoms with E-state index in [1.165, 1.54) is 28.9 Å². The Morgan fingerprint density at radius 2 is 1.18 bits per heavy atom. The predicted molar refractivity (Wildman–Crippen MR) is 349 cm³/mol. The second-order valence-electron chi connectivity index (χ2n) is 24.3. The van der Waals surface area contributed by atoms with Crippen LogP contribution in [0.5, 0.6) is 11.5 Å². The van der Waals surface area contributed by atoms with Crippen molar-refractivity contribution in [3.05, 3.63) is 106 Å². The Bertz CT molecular complexity index is 3980. The van der Waals surface area contributed by atoms with Crippen LogP contribution in [-0.4, -0.2) is 131 Å². The van der Waals surface area contributed by atoms with Crippen molar-refractivity contribution in [2.45, 2.75) is 137 Å². The van der Waals surface area contributed by atoms with E-state index in [1.54, 1.807) is 59.9 Å². The van der Waals surface area contributed by atoms with E-state index in [-0.39, 0.29) is 101 Å². The number of hydrogen-bond acceptors (Lipinski definition) is 17. The number of nitrogens with one attached hydrogen (secondary N) is 4. The summed E-state index contributed by atoms with van der Waals surface area (Å²) in [6, 6.07) is 12.6. The summed E-state index contributed by atoms with van der Waals surface area (Å²) in [5.41, 5.74) is 3.31. The Labute approximate surface area is 544 Å². The molecule has 0 spiro atoms. The maximum Gasteiger partial charge on any atom is 0.357 e. The van der Waals surface area contributed by atoms with Gasteiger partial charge in [0.15, 0.2) is 51.0 Å². The number of ketones is 6.